The van der Waals surface area contributed by atoms with E-state index in [1.54, 1.807) is 11.3 Å². The zero-order valence-corrected chi connectivity index (χ0v) is 23.3. The SMILES string of the molecule is CCCCCCCOc1ccc(C#Cc2ccc(C#Cc3ccc(OCCCCCCC)cc3)s2)cc1. The lowest BCUT2D eigenvalue weighted by atomic mass is 10.2. The summed E-state index contributed by atoms with van der Waals surface area (Å²) in [5.74, 6) is 14.8. The van der Waals surface area contributed by atoms with Crippen LogP contribution in [0.1, 0.15) is 98.9 Å². The molecule has 0 spiro atoms. The lowest BCUT2D eigenvalue weighted by molar-refractivity contribution is 0.304. The normalized spacial score (nSPS) is 10.2. The van der Waals surface area contributed by atoms with Gasteiger partial charge < -0.3 is 9.47 Å². The molecule has 0 aliphatic rings. The molecule has 2 nitrogen and oxygen atoms in total. The van der Waals surface area contributed by atoms with E-state index in [0.717, 1.165) is 58.4 Å². The topological polar surface area (TPSA) is 18.5 Å². The molecule has 0 amide bonds. The summed E-state index contributed by atoms with van der Waals surface area (Å²) >= 11 is 1.62. The van der Waals surface area contributed by atoms with E-state index >= 15 is 0 Å². The van der Waals surface area contributed by atoms with Crippen LogP contribution >= 0.6 is 11.3 Å². The molecule has 0 fully saturated rings. The molecule has 0 saturated heterocycles. The van der Waals surface area contributed by atoms with Crippen molar-refractivity contribution in [1.82, 2.24) is 0 Å². The average Bonchev–Trinajstić information content (AvgIpc) is 3.39. The van der Waals surface area contributed by atoms with E-state index < -0.39 is 0 Å². The smallest absolute Gasteiger partial charge is 0.119 e. The fourth-order valence-corrected chi connectivity index (χ4v) is 4.51. The van der Waals surface area contributed by atoms with Crippen molar-refractivity contribution < 1.29 is 9.47 Å². The van der Waals surface area contributed by atoms with E-state index in [1.807, 2.05) is 60.7 Å². The van der Waals surface area contributed by atoms with E-state index in [2.05, 4.69) is 37.5 Å². The average molecular weight is 513 g/mol. The molecule has 0 aliphatic carbocycles. The first kappa shape index (κ1) is 28.4. The van der Waals surface area contributed by atoms with Crippen molar-refractivity contribution in [3.05, 3.63) is 81.5 Å². The van der Waals surface area contributed by atoms with Gasteiger partial charge in [-0.3, -0.25) is 0 Å². The minimum absolute atomic E-state index is 0.783. The lowest BCUT2D eigenvalue weighted by Gasteiger charge is -2.05. The minimum Gasteiger partial charge on any atom is -0.494 e. The molecule has 1 aromatic heterocycles. The Morgan fingerprint density at radius 3 is 1.30 bits per heavy atom. The van der Waals surface area contributed by atoms with Gasteiger partial charge in [0.25, 0.3) is 0 Å². The molecule has 0 unspecified atom stereocenters. The highest BCUT2D eigenvalue weighted by Gasteiger charge is 1.98. The first-order valence-corrected chi connectivity index (χ1v) is 14.7. The second-order valence-corrected chi connectivity index (χ2v) is 10.3. The lowest BCUT2D eigenvalue weighted by Crippen LogP contribution is -1.97. The zero-order chi connectivity index (χ0) is 26.0. The standard InChI is InChI=1S/C34H40O2S/c1-3-5-7-9-11-27-35-31-19-13-29(14-20-31)17-23-33-25-26-34(37-33)24-18-30-15-21-32(22-16-30)36-28-12-10-8-6-4-2/h13-16,19-22,25-26H,3-12,27-28H2,1-2H3. The summed E-state index contributed by atoms with van der Waals surface area (Å²) in [4.78, 5) is 2.03. The van der Waals surface area contributed by atoms with Crippen molar-refractivity contribution in [2.75, 3.05) is 13.2 Å². The molecule has 0 atom stereocenters. The number of thiophene rings is 1. The maximum absolute atomic E-state index is 5.84. The molecular formula is C34H40O2S. The summed E-state index contributed by atoms with van der Waals surface area (Å²) in [6, 6.07) is 20.2. The van der Waals surface area contributed by atoms with Gasteiger partial charge in [-0.25, -0.2) is 0 Å². The van der Waals surface area contributed by atoms with Crippen LogP contribution in [0.25, 0.3) is 0 Å². The Morgan fingerprint density at radius 2 is 0.892 bits per heavy atom. The Bertz CT molecular complexity index is 1060. The maximum atomic E-state index is 5.84. The predicted octanol–water partition coefficient (Wildman–Crippen LogP) is 9.25. The summed E-state index contributed by atoms with van der Waals surface area (Å²) in [5.41, 5.74) is 1.97. The highest BCUT2D eigenvalue weighted by atomic mass is 32.1. The Labute approximate surface area is 228 Å². The van der Waals surface area contributed by atoms with Crippen molar-refractivity contribution in [3.63, 3.8) is 0 Å². The number of unbranched alkanes of at least 4 members (excludes halogenated alkanes) is 8. The molecule has 3 heteroatoms. The van der Waals surface area contributed by atoms with E-state index in [9.17, 15) is 0 Å². The second kappa shape index (κ2) is 17.3. The van der Waals surface area contributed by atoms with Crippen LogP contribution in [0, 0.1) is 23.7 Å². The molecule has 0 bridgehead atoms. The third-order valence-corrected chi connectivity index (χ3v) is 6.92. The second-order valence-electron chi connectivity index (χ2n) is 9.24. The van der Waals surface area contributed by atoms with Gasteiger partial charge in [-0.05, 0) is 73.5 Å². The van der Waals surface area contributed by atoms with Crippen LogP contribution in [-0.4, -0.2) is 13.2 Å². The number of ether oxygens (including phenoxy) is 2. The van der Waals surface area contributed by atoms with Gasteiger partial charge in [0.05, 0.1) is 23.0 Å². The Kier molecular flexibility index (Phi) is 13.3. The Hall–Kier alpha value is -3.14. The first-order chi connectivity index (χ1) is 18.3. The van der Waals surface area contributed by atoms with Gasteiger partial charge in [0, 0.05) is 11.1 Å². The summed E-state index contributed by atoms with van der Waals surface area (Å²) in [7, 11) is 0. The van der Waals surface area contributed by atoms with Crippen molar-refractivity contribution in [3.8, 4) is 35.2 Å². The van der Waals surface area contributed by atoms with Crippen LogP contribution < -0.4 is 9.47 Å². The van der Waals surface area contributed by atoms with Crippen LogP contribution in [0.4, 0.5) is 0 Å². The zero-order valence-electron chi connectivity index (χ0n) is 22.5. The highest BCUT2D eigenvalue weighted by Crippen LogP contribution is 2.17. The van der Waals surface area contributed by atoms with E-state index in [0.29, 0.717) is 0 Å². The van der Waals surface area contributed by atoms with Gasteiger partial charge in [0.15, 0.2) is 0 Å². The largest absolute Gasteiger partial charge is 0.494 e. The first-order valence-electron chi connectivity index (χ1n) is 13.9. The molecule has 0 N–H and O–H groups in total. The fourth-order valence-electron chi connectivity index (χ4n) is 3.80. The maximum Gasteiger partial charge on any atom is 0.119 e. The molecule has 2 aromatic carbocycles. The molecular weight excluding hydrogens is 472 g/mol. The number of hydrogen-bond acceptors (Lipinski definition) is 3. The number of benzene rings is 2. The van der Waals surface area contributed by atoms with Crippen LogP contribution in [0.2, 0.25) is 0 Å². The fraction of sp³-hybridized carbons (Fsp3) is 0.412. The van der Waals surface area contributed by atoms with Crippen molar-refractivity contribution in [2.24, 2.45) is 0 Å². The summed E-state index contributed by atoms with van der Waals surface area (Å²) in [5, 5.41) is 0. The molecule has 194 valence electrons. The van der Waals surface area contributed by atoms with Gasteiger partial charge in [-0.15, -0.1) is 11.3 Å². The number of rotatable bonds is 14. The summed E-state index contributed by atoms with van der Waals surface area (Å²) in [6.07, 6.45) is 12.5. The Balaban J connectivity index is 1.43. The van der Waals surface area contributed by atoms with Gasteiger partial charge in [0.2, 0.25) is 0 Å². The molecule has 3 rings (SSSR count). The molecule has 3 aromatic rings. The summed E-state index contributed by atoms with van der Waals surface area (Å²) < 4.78 is 11.7. The molecule has 0 aliphatic heterocycles. The number of hydrogen-bond donors (Lipinski definition) is 0. The summed E-state index contributed by atoms with van der Waals surface area (Å²) in [6.45, 7) is 6.04. The van der Waals surface area contributed by atoms with Crippen molar-refractivity contribution >= 4 is 11.3 Å². The van der Waals surface area contributed by atoms with Crippen molar-refractivity contribution in [1.29, 1.82) is 0 Å². The van der Waals surface area contributed by atoms with E-state index in [-0.39, 0.29) is 0 Å². The molecule has 37 heavy (non-hydrogen) atoms. The van der Waals surface area contributed by atoms with Gasteiger partial charge in [0.1, 0.15) is 11.5 Å². The monoisotopic (exact) mass is 512 g/mol. The van der Waals surface area contributed by atoms with Crippen LogP contribution in [0.15, 0.2) is 60.7 Å². The quantitative estimate of drug-likeness (QED) is 0.158. The Morgan fingerprint density at radius 1 is 0.486 bits per heavy atom. The molecule has 0 radical (unpaired) electrons. The van der Waals surface area contributed by atoms with Gasteiger partial charge >= 0.3 is 0 Å². The highest BCUT2D eigenvalue weighted by molar-refractivity contribution is 7.13. The molecule has 1 heterocycles. The van der Waals surface area contributed by atoms with Crippen molar-refractivity contribution in [2.45, 2.75) is 78.1 Å². The third-order valence-electron chi connectivity index (χ3n) is 6.01. The van der Waals surface area contributed by atoms with Crippen LogP contribution in [-0.2, 0) is 0 Å². The van der Waals surface area contributed by atoms with Gasteiger partial charge in [-0.2, -0.15) is 0 Å². The minimum atomic E-state index is 0.783. The third kappa shape index (κ3) is 11.6. The van der Waals surface area contributed by atoms with Crippen LogP contribution in [0.3, 0.4) is 0 Å². The van der Waals surface area contributed by atoms with Gasteiger partial charge in [-0.1, -0.05) is 88.9 Å². The predicted molar refractivity (Wildman–Crippen MR) is 158 cm³/mol. The van der Waals surface area contributed by atoms with E-state index in [1.165, 1.54) is 51.4 Å². The molecule has 0 saturated carbocycles. The van der Waals surface area contributed by atoms with Crippen LogP contribution in [0.5, 0.6) is 11.5 Å². The van der Waals surface area contributed by atoms with E-state index in [4.69, 9.17) is 9.47 Å².